The van der Waals surface area contributed by atoms with Crippen LogP contribution in [0.4, 0.5) is 28.9 Å². The molecule has 1 heterocycles. The molecule has 9 heteroatoms. The molecule has 3 rings (SSSR count). The molecule has 1 saturated heterocycles. The molecule has 2 aromatic carbocycles. The number of carbonyl (C=O) groups excluding carboxylic acids is 1. The number of hydrogen-bond donors (Lipinski definition) is 2. The van der Waals surface area contributed by atoms with Crippen LogP contribution in [0.15, 0.2) is 42.5 Å². The first kappa shape index (κ1) is 22.9. The fourth-order valence-corrected chi connectivity index (χ4v) is 3.38. The van der Waals surface area contributed by atoms with Crippen LogP contribution < -0.4 is 15.5 Å². The van der Waals surface area contributed by atoms with Crippen molar-refractivity contribution in [2.24, 2.45) is 0 Å². The molecule has 2 atom stereocenters. The number of ether oxygens (including phenoxy) is 1. The lowest BCUT2D eigenvalue weighted by Crippen LogP contribution is -2.40. The predicted molar refractivity (Wildman–Crippen MR) is 111 cm³/mol. The van der Waals surface area contributed by atoms with Gasteiger partial charge < -0.3 is 20.3 Å². The molecule has 0 bridgehead atoms. The summed E-state index contributed by atoms with van der Waals surface area (Å²) in [5, 5.41) is 5.73. The molecule has 2 aromatic rings. The maximum atomic E-state index is 13.3. The molecular formula is C22H25F4N3O2. The summed E-state index contributed by atoms with van der Waals surface area (Å²) in [6.45, 7) is 5.37. The zero-order valence-corrected chi connectivity index (χ0v) is 17.3. The standard InChI is InChI=1S/C22H25F4N3O2/c1-14(16-3-6-18(23)7-4-16)28-21(30)15(2)27-19-13-17(22(24,25)26)5-8-20(19)29-9-11-31-12-10-29/h3-8,13-15,27H,9-12H2,1-2H3,(H,28,30). The molecule has 0 saturated carbocycles. The van der Waals surface area contributed by atoms with E-state index in [-0.39, 0.29) is 17.4 Å². The maximum absolute atomic E-state index is 13.3. The predicted octanol–water partition coefficient (Wildman–Crippen LogP) is 4.36. The number of benzene rings is 2. The van der Waals surface area contributed by atoms with E-state index >= 15 is 0 Å². The molecule has 0 aromatic heterocycles. The van der Waals surface area contributed by atoms with Gasteiger partial charge in [0, 0.05) is 13.1 Å². The Kier molecular flexibility index (Phi) is 7.04. The minimum atomic E-state index is -4.50. The van der Waals surface area contributed by atoms with E-state index in [4.69, 9.17) is 4.74 Å². The number of nitrogens with one attached hydrogen (secondary N) is 2. The lowest BCUT2D eigenvalue weighted by atomic mass is 10.1. The molecule has 1 fully saturated rings. The second-order valence-electron chi connectivity index (χ2n) is 7.48. The van der Waals surface area contributed by atoms with Crippen molar-refractivity contribution in [3.8, 4) is 0 Å². The fourth-order valence-electron chi connectivity index (χ4n) is 3.38. The van der Waals surface area contributed by atoms with E-state index in [0.717, 1.165) is 17.7 Å². The molecule has 1 amide bonds. The first-order valence-corrected chi connectivity index (χ1v) is 10.0. The summed E-state index contributed by atoms with van der Waals surface area (Å²) in [6, 6.07) is 8.04. The van der Waals surface area contributed by atoms with Gasteiger partial charge in [-0.05, 0) is 49.7 Å². The van der Waals surface area contributed by atoms with E-state index in [0.29, 0.717) is 32.0 Å². The Balaban J connectivity index is 1.76. The normalized spacial score (nSPS) is 16.5. The van der Waals surface area contributed by atoms with Gasteiger partial charge in [0.2, 0.25) is 5.91 Å². The van der Waals surface area contributed by atoms with Gasteiger partial charge in [-0.15, -0.1) is 0 Å². The van der Waals surface area contributed by atoms with Crippen molar-refractivity contribution >= 4 is 17.3 Å². The fraction of sp³-hybridized carbons (Fsp3) is 0.409. The summed E-state index contributed by atoms with van der Waals surface area (Å²) in [5.74, 6) is -0.764. The molecule has 1 aliphatic heterocycles. The van der Waals surface area contributed by atoms with Crippen LogP contribution in [-0.2, 0) is 15.7 Å². The number of alkyl halides is 3. The van der Waals surface area contributed by atoms with E-state index in [1.807, 2.05) is 4.90 Å². The number of amides is 1. The zero-order valence-electron chi connectivity index (χ0n) is 17.3. The van der Waals surface area contributed by atoms with E-state index in [1.54, 1.807) is 26.0 Å². The molecular weight excluding hydrogens is 414 g/mol. The number of carbonyl (C=O) groups is 1. The molecule has 5 nitrogen and oxygen atoms in total. The second-order valence-corrected chi connectivity index (χ2v) is 7.48. The Hall–Kier alpha value is -2.81. The van der Waals surface area contributed by atoms with Crippen molar-refractivity contribution in [3.05, 3.63) is 59.4 Å². The molecule has 1 aliphatic rings. The largest absolute Gasteiger partial charge is 0.416 e. The van der Waals surface area contributed by atoms with Gasteiger partial charge >= 0.3 is 6.18 Å². The van der Waals surface area contributed by atoms with Crippen LogP contribution in [0.3, 0.4) is 0 Å². The van der Waals surface area contributed by atoms with Crippen molar-refractivity contribution in [2.75, 3.05) is 36.5 Å². The van der Waals surface area contributed by atoms with Gasteiger partial charge in [0.15, 0.2) is 0 Å². The quantitative estimate of drug-likeness (QED) is 0.657. The summed E-state index contributed by atoms with van der Waals surface area (Å²) in [7, 11) is 0. The smallest absolute Gasteiger partial charge is 0.378 e. The topological polar surface area (TPSA) is 53.6 Å². The minimum Gasteiger partial charge on any atom is -0.378 e. The first-order valence-electron chi connectivity index (χ1n) is 10.0. The van der Waals surface area contributed by atoms with Gasteiger partial charge in [0.25, 0.3) is 0 Å². The Bertz CT molecular complexity index is 897. The third-order valence-electron chi connectivity index (χ3n) is 5.17. The maximum Gasteiger partial charge on any atom is 0.416 e. The molecule has 31 heavy (non-hydrogen) atoms. The first-order chi connectivity index (χ1) is 14.6. The molecule has 2 N–H and O–H groups in total. The zero-order chi connectivity index (χ0) is 22.6. The van der Waals surface area contributed by atoms with Crippen LogP contribution in [0.25, 0.3) is 0 Å². The number of halogens is 4. The van der Waals surface area contributed by atoms with Crippen molar-refractivity contribution in [1.82, 2.24) is 5.32 Å². The molecule has 2 unspecified atom stereocenters. The summed E-state index contributed by atoms with van der Waals surface area (Å²) < 4.78 is 58.2. The molecule has 0 spiro atoms. The Morgan fingerprint density at radius 1 is 1.06 bits per heavy atom. The van der Waals surface area contributed by atoms with Crippen molar-refractivity contribution < 1.29 is 27.1 Å². The summed E-state index contributed by atoms with van der Waals surface area (Å²) in [6.07, 6.45) is -4.50. The molecule has 0 radical (unpaired) electrons. The van der Waals surface area contributed by atoms with Crippen molar-refractivity contribution in [2.45, 2.75) is 32.1 Å². The van der Waals surface area contributed by atoms with Crippen LogP contribution in [0.1, 0.15) is 31.0 Å². The summed E-state index contributed by atoms with van der Waals surface area (Å²) in [4.78, 5) is 14.6. The minimum absolute atomic E-state index is 0.230. The van der Waals surface area contributed by atoms with Gasteiger partial charge in [0.1, 0.15) is 11.9 Å². The third kappa shape index (κ3) is 5.88. The lowest BCUT2D eigenvalue weighted by Gasteiger charge is -2.32. The van der Waals surface area contributed by atoms with Crippen LogP contribution in [-0.4, -0.2) is 38.3 Å². The highest BCUT2D eigenvalue weighted by Gasteiger charge is 2.32. The van der Waals surface area contributed by atoms with Crippen LogP contribution >= 0.6 is 0 Å². The Morgan fingerprint density at radius 3 is 2.32 bits per heavy atom. The summed E-state index contributed by atoms with van der Waals surface area (Å²) >= 11 is 0. The third-order valence-corrected chi connectivity index (χ3v) is 5.17. The Morgan fingerprint density at radius 2 is 1.71 bits per heavy atom. The van der Waals surface area contributed by atoms with Crippen LogP contribution in [0.5, 0.6) is 0 Å². The highest BCUT2D eigenvalue weighted by molar-refractivity contribution is 5.86. The number of morpholine rings is 1. The summed E-state index contributed by atoms with van der Waals surface area (Å²) in [5.41, 5.74) is 0.741. The molecule has 168 valence electrons. The van der Waals surface area contributed by atoms with Gasteiger partial charge in [-0.25, -0.2) is 4.39 Å². The van der Waals surface area contributed by atoms with Gasteiger partial charge in [-0.2, -0.15) is 13.2 Å². The molecule has 0 aliphatic carbocycles. The highest BCUT2D eigenvalue weighted by atomic mass is 19.4. The average molecular weight is 439 g/mol. The number of hydrogen-bond acceptors (Lipinski definition) is 4. The van der Waals surface area contributed by atoms with E-state index < -0.39 is 23.8 Å². The second kappa shape index (κ2) is 9.55. The lowest BCUT2D eigenvalue weighted by molar-refractivity contribution is -0.137. The monoisotopic (exact) mass is 439 g/mol. The van der Waals surface area contributed by atoms with Gasteiger partial charge in [0.05, 0.1) is 36.2 Å². The van der Waals surface area contributed by atoms with E-state index in [2.05, 4.69) is 10.6 Å². The van der Waals surface area contributed by atoms with Gasteiger partial charge in [-0.1, -0.05) is 12.1 Å². The average Bonchev–Trinajstić information content (AvgIpc) is 2.74. The van der Waals surface area contributed by atoms with Crippen molar-refractivity contribution in [1.29, 1.82) is 0 Å². The Labute approximate surface area is 178 Å². The van der Waals surface area contributed by atoms with Crippen LogP contribution in [0.2, 0.25) is 0 Å². The number of anilines is 2. The van der Waals surface area contributed by atoms with E-state index in [1.165, 1.54) is 18.2 Å². The van der Waals surface area contributed by atoms with E-state index in [9.17, 15) is 22.4 Å². The highest BCUT2D eigenvalue weighted by Crippen LogP contribution is 2.36. The number of rotatable bonds is 6. The SMILES string of the molecule is CC(Nc1cc(C(F)(F)F)ccc1N1CCOCC1)C(=O)NC(C)c1ccc(F)cc1. The number of nitrogens with zero attached hydrogens (tertiary/aromatic N) is 1. The van der Waals surface area contributed by atoms with Crippen LogP contribution in [0, 0.1) is 5.82 Å². The van der Waals surface area contributed by atoms with Crippen molar-refractivity contribution in [3.63, 3.8) is 0 Å². The van der Waals surface area contributed by atoms with Gasteiger partial charge in [-0.3, -0.25) is 4.79 Å².